The molecule has 0 spiro atoms. The molecule has 1 N–H and O–H groups in total. The summed E-state index contributed by atoms with van der Waals surface area (Å²) < 4.78 is 10.4. The number of hydrogen-bond acceptors (Lipinski definition) is 5. The van der Waals surface area contributed by atoms with Crippen molar-refractivity contribution in [3.8, 4) is 5.88 Å². The van der Waals surface area contributed by atoms with E-state index in [-0.39, 0.29) is 11.9 Å². The zero-order valence-electron chi connectivity index (χ0n) is 12.0. The number of carbonyl (C=O) groups excluding carboxylic acids is 1. The monoisotopic (exact) mass is 279 g/mol. The van der Waals surface area contributed by atoms with E-state index in [1.165, 1.54) is 7.11 Å². The van der Waals surface area contributed by atoms with E-state index in [1.54, 1.807) is 18.3 Å². The van der Waals surface area contributed by atoms with E-state index in [0.29, 0.717) is 11.4 Å². The summed E-state index contributed by atoms with van der Waals surface area (Å²) in [6.07, 6.45) is 1.60. The van der Waals surface area contributed by atoms with Crippen LogP contribution in [0.15, 0.2) is 18.3 Å². The van der Waals surface area contributed by atoms with Crippen molar-refractivity contribution in [2.75, 3.05) is 40.0 Å². The van der Waals surface area contributed by atoms with Gasteiger partial charge in [0.2, 0.25) is 5.88 Å². The molecule has 0 saturated carbocycles. The Hall–Kier alpha value is -1.66. The number of methoxy groups -OCH3 is 1. The Kier molecular flexibility index (Phi) is 5.31. The number of carbonyl (C=O) groups is 1. The second-order valence-corrected chi connectivity index (χ2v) is 4.85. The fourth-order valence-corrected chi connectivity index (χ4v) is 2.24. The van der Waals surface area contributed by atoms with Gasteiger partial charge in [0, 0.05) is 31.9 Å². The molecule has 6 nitrogen and oxygen atoms in total. The molecule has 6 heteroatoms. The van der Waals surface area contributed by atoms with Gasteiger partial charge in [-0.05, 0) is 19.1 Å². The summed E-state index contributed by atoms with van der Waals surface area (Å²) in [4.78, 5) is 18.5. The molecule has 2 heterocycles. The molecular formula is C14H21N3O3. The third-order valence-corrected chi connectivity index (χ3v) is 3.22. The fourth-order valence-electron chi connectivity index (χ4n) is 2.24. The molecule has 110 valence electrons. The number of aromatic nitrogens is 1. The lowest BCUT2D eigenvalue weighted by atomic mass is 10.2. The molecule has 1 saturated heterocycles. The molecule has 0 aromatic carbocycles. The summed E-state index contributed by atoms with van der Waals surface area (Å²) >= 11 is 0. The van der Waals surface area contributed by atoms with Crippen molar-refractivity contribution < 1.29 is 14.3 Å². The molecule has 2 rings (SSSR count). The van der Waals surface area contributed by atoms with Crippen LogP contribution in [0.5, 0.6) is 5.88 Å². The van der Waals surface area contributed by atoms with Crippen LogP contribution in [-0.4, -0.2) is 61.8 Å². The smallest absolute Gasteiger partial charge is 0.257 e. The molecule has 1 aromatic rings. The van der Waals surface area contributed by atoms with Crippen molar-refractivity contribution in [1.29, 1.82) is 0 Å². The lowest BCUT2D eigenvalue weighted by Gasteiger charge is -2.29. The second kappa shape index (κ2) is 7.21. The van der Waals surface area contributed by atoms with Crippen LogP contribution < -0.4 is 10.1 Å². The van der Waals surface area contributed by atoms with Crippen LogP contribution in [0.2, 0.25) is 0 Å². The van der Waals surface area contributed by atoms with E-state index in [4.69, 9.17) is 9.47 Å². The van der Waals surface area contributed by atoms with Crippen molar-refractivity contribution in [1.82, 2.24) is 15.2 Å². The summed E-state index contributed by atoms with van der Waals surface area (Å²) in [6, 6.07) is 3.50. The van der Waals surface area contributed by atoms with Gasteiger partial charge in [-0.1, -0.05) is 0 Å². The average molecular weight is 279 g/mol. The van der Waals surface area contributed by atoms with Crippen LogP contribution in [0.4, 0.5) is 0 Å². The SMILES string of the molecule is COc1ncccc1C(=O)NC(C)CN1CCOCC1. The number of rotatable bonds is 5. The number of hydrogen-bond donors (Lipinski definition) is 1. The van der Waals surface area contributed by atoms with Gasteiger partial charge in [0.05, 0.1) is 20.3 Å². The lowest BCUT2D eigenvalue weighted by molar-refractivity contribution is 0.0342. The Morgan fingerprint density at radius 1 is 1.55 bits per heavy atom. The van der Waals surface area contributed by atoms with Gasteiger partial charge in [0.15, 0.2) is 0 Å². The first kappa shape index (κ1) is 14.7. The number of nitrogens with one attached hydrogen (secondary N) is 1. The Morgan fingerprint density at radius 2 is 2.30 bits per heavy atom. The highest BCUT2D eigenvalue weighted by Gasteiger charge is 2.18. The van der Waals surface area contributed by atoms with Crippen LogP contribution in [0, 0.1) is 0 Å². The molecule has 1 aliphatic heterocycles. The Labute approximate surface area is 119 Å². The fraction of sp³-hybridized carbons (Fsp3) is 0.571. The highest BCUT2D eigenvalue weighted by atomic mass is 16.5. The van der Waals surface area contributed by atoms with Crippen LogP contribution in [0.25, 0.3) is 0 Å². The molecular weight excluding hydrogens is 258 g/mol. The number of ether oxygens (including phenoxy) is 2. The maximum Gasteiger partial charge on any atom is 0.257 e. The van der Waals surface area contributed by atoms with Crippen LogP contribution >= 0.6 is 0 Å². The summed E-state index contributed by atoms with van der Waals surface area (Å²) in [5, 5.41) is 2.98. The first-order valence-corrected chi connectivity index (χ1v) is 6.80. The van der Waals surface area contributed by atoms with E-state index >= 15 is 0 Å². The van der Waals surface area contributed by atoms with E-state index in [1.807, 2.05) is 6.92 Å². The van der Waals surface area contributed by atoms with Crippen molar-refractivity contribution in [2.45, 2.75) is 13.0 Å². The quantitative estimate of drug-likeness (QED) is 0.852. The Balaban J connectivity index is 1.89. The van der Waals surface area contributed by atoms with Gasteiger partial charge in [0.25, 0.3) is 5.91 Å². The second-order valence-electron chi connectivity index (χ2n) is 4.85. The molecule has 1 atom stereocenters. The predicted molar refractivity (Wildman–Crippen MR) is 75.0 cm³/mol. The molecule has 1 aromatic heterocycles. The first-order valence-electron chi connectivity index (χ1n) is 6.80. The minimum Gasteiger partial charge on any atom is -0.480 e. The standard InChI is InChI=1S/C14H21N3O3/c1-11(10-17-6-8-20-9-7-17)16-13(18)12-4-3-5-15-14(12)19-2/h3-5,11H,6-10H2,1-2H3,(H,16,18). The summed E-state index contributed by atoms with van der Waals surface area (Å²) in [5.41, 5.74) is 0.462. The van der Waals surface area contributed by atoms with Crippen molar-refractivity contribution in [2.24, 2.45) is 0 Å². The van der Waals surface area contributed by atoms with Crippen molar-refractivity contribution in [3.05, 3.63) is 23.9 Å². The maximum absolute atomic E-state index is 12.2. The van der Waals surface area contributed by atoms with Gasteiger partial charge in [-0.25, -0.2) is 4.98 Å². The minimum atomic E-state index is -0.157. The highest BCUT2D eigenvalue weighted by molar-refractivity contribution is 5.96. The molecule has 1 amide bonds. The van der Waals surface area contributed by atoms with E-state index in [0.717, 1.165) is 32.8 Å². The molecule has 0 aliphatic carbocycles. The van der Waals surface area contributed by atoms with Gasteiger partial charge in [-0.2, -0.15) is 0 Å². The normalized spacial score (nSPS) is 17.5. The predicted octanol–water partition coefficient (Wildman–Crippen LogP) is 0.541. The van der Waals surface area contributed by atoms with Crippen LogP contribution in [0.3, 0.4) is 0 Å². The minimum absolute atomic E-state index is 0.0607. The molecule has 20 heavy (non-hydrogen) atoms. The number of nitrogens with zero attached hydrogens (tertiary/aromatic N) is 2. The van der Waals surface area contributed by atoms with E-state index in [9.17, 15) is 4.79 Å². The summed E-state index contributed by atoms with van der Waals surface area (Å²) in [6.45, 7) is 6.16. The van der Waals surface area contributed by atoms with Crippen LogP contribution in [0.1, 0.15) is 17.3 Å². The highest BCUT2D eigenvalue weighted by Crippen LogP contribution is 2.13. The number of morpholine rings is 1. The van der Waals surface area contributed by atoms with Gasteiger partial charge in [-0.3, -0.25) is 9.69 Å². The summed E-state index contributed by atoms with van der Waals surface area (Å²) in [7, 11) is 1.51. The van der Waals surface area contributed by atoms with E-state index in [2.05, 4.69) is 15.2 Å². The van der Waals surface area contributed by atoms with Crippen LogP contribution in [-0.2, 0) is 4.74 Å². The molecule has 1 aliphatic rings. The average Bonchev–Trinajstić information content (AvgIpc) is 2.48. The molecule has 0 bridgehead atoms. The maximum atomic E-state index is 12.2. The Bertz CT molecular complexity index is 447. The molecule has 1 fully saturated rings. The zero-order chi connectivity index (χ0) is 14.4. The zero-order valence-corrected chi connectivity index (χ0v) is 12.0. The summed E-state index contributed by atoms with van der Waals surface area (Å²) in [5.74, 6) is 0.194. The Morgan fingerprint density at radius 3 is 3.00 bits per heavy atom. The van der Waals surface area contributed by atoms with Gasteiger partial charge in [0.1, 0.15) is 5.56 Å². The topological polar surface area (TPSA) is 63.7 Å². The third-order valence-electron chi connectivity index (χ3n) is 3.22. The first-order chi connectivity index (χ1) is 9.70. The molecule has 0 radical (unpaired) electrons. The third kappa shape index (κ3) is 3.91. The molecule has 1 unspecified atom stereocenters. The van der Waals surface area contributed by atoms with Gasteiger partial charge < -0.3 is 14.8 Å². The van der Waals surface area contributed by atoms with Crippen molar-refractivity contribution in [3.63, 3.8) is 0 Å². The lowest BCUT2D eigenvalue weighted by Crippen LogP contribution is -2.46. The van der Waals surface area contributed by atoms with Gasteiger partial charge >= 0.3 is 0 Å². The van der Waals surface area contributed by atoms with E-state index < -0.39 is 0 Å². The number of amides is 1. The number of pyridine rings is 1. The van der Waals surface area contributed by atoms with Crippen molar-refractivity contribution >= 4 is 5.91 Å². The van der Waals surface area contributed by atoms with Gasteiger partial charge in [-0.15, -0.1) is 0 Å². The largest absolute Gasteiger partial charge is 0.480 e.